The minimum atomic E-state index is 0.281. The summed E-state index contributed by atoms with van der Waals surface area (Å²) >= 11 is 6.78. The summed E-state index contributed by atoms with van der Waals surface area (Å²) in [6, 6.07) is 7.95. The van der Waals surface area contributed by atoms with Crippen LogP contribution in [0.1, 0.15) is 5.56 Å². The third kappa shape index (κ3) is 2.73. The number of fused-ring (bicyclic) bond motifs is 1. The normalized spacial score (nSPS) is 12.8. The first kappa shape index (κ1) is 14.1. The van der Waals surface area contributed by atoms with Crippen LogP contribution in [-0.4, -0.2) is 22.0 Å². The highest BCUT2D eigenvalue weighted by Crippen LogP contribution is 2.38. The van der Waals surface area contributed by atoms with Crippen molar-refractivity contribution >= 4 is 39.0 Å². The number of H-pyrrole nitrogens is 1. The van der Waals surface area contributed by atoms with Crippen molar-refractivity contribution in [2.45, 2.75) is 10.9 Å². The van der Waals surface area contributed by atoms with Crippen LogP contribution in [0.25, 0.3) is 10.7 Å². The van der Waals surface area contributed by atoms with Gasteiger partial charge in [0.25, 0.3) is 0 Å². The third-order valence-corrected chi connectivity index (χ3v) is 5.63. The Morgan fingerprint density at radius 2 is 2.18 bits per heavy atom. The zero-order chi connectivity index (χ0) is 14.9. The van der Waals surface area contributed by atoms with E-state index in [1.807, 2.05) is 29.6 Å². The molecule has 0 bridgehead atoms. The van der Waals surface area contributed by atoms with Gasteiger partial charge in [0.2, 0.25) is 11.9 Å². The molecule has 112 valence electrons. The summed E-state index contributed by atoms with van der Waals surface area (Å²) in [5.74, 6) is 3.12. The van der Waals surface area contributed by atoms with Crippen molar-refractivity contribution < 1.29 is 9.47 Å². The molecule has 3 heterocycles. The van der Waals surface area contributed by atoms with Gasteiger partial charge in [-0.2, -0.15) is 0 Å². The lowest BCUT2D eigenvalue weighted by Gasteiger charge is -2.04. The number of thiophene rings is 1. The zero-order valence-corrected chi connectivity index (χ0v) is 14.4. The molecule has 3 aromatic rings. The molecule has 2 aromatic heterocycles. The molecule has 0 saturated heterocycles. The first-order valence-electron chi connectivity index (χ1n) is 6.47. The van der Waals surface area contributed by atoms with Gasteiger partial charge in [-0.3, -0.25) is 5.10 Å². The fourth-order valence-electron chi connectivity index (χ4n) is 2.05. The van der Waals surface area contributed by atoms with Gasteiger partial charge in [0, 0.05) is 10.2 Å². The van der Waals surface area contributed by atoms with Gasteiger partial charge in [-0.15, -0.1) is 16.4 Å². The van der Waals surface area contributed by atoms with Crippen LogP contribution in [0.3, 0.4) is 0 Å². The topological polar surface area (TPSA) is 60.0 Å². The summed E-state index contributed by atoms with van der Waals surface area (Å²) in [5, 5.41) is 9.98. The van der Waals surface area contributed by atoms with Crippen LogP contribution in [0.5, 0.6) is 11.5 Å². The van der Waals surface area contributed by atoms with Crippen molar-refractivity contribution in [3.63, 3.8) is 0 Å². The van der Waals surface area contributed by atoms with Crippen LogP contribution in [0.4, 0.5) is 0 Å². The van der Waals surface area contributed by atoms with E-state index in [4.69, 9.17) is 9.47 Å². The van der Waals surface area contributed by atoms with E-state index >= 15 is 0 Å². The largest absolute Gasteiger partial charge is 0.454 e. The second-order valence-corrected chi connectivity index (χ2v) is 7.27. The Bertz CT molecular complexity index is 805. The Hall–Kier alpha value is -1.51. The molecule has 8 heteroatoms. The molecule has 0 fully saturated rings. The number of rotatable bonds is 4. The van der Waals surface area contributed by atoms with Crippen LogP contribution >= 0.6 is 39.0 Å². The third-order valence-electron chi connectivity index (χ3n) is 3.12. The van der Waals surface area contributed by atoms with Gasteiger partial charge in [-0.1, -0.05) is 33.8 Å². The van der Waals surface area contributed by atoms with E-state index in [0.717, 1.165) is 43.1 Å². The average Bonchev–Trinajstić information content (AvgIpc) is 3.25. The summed E-state index contributed by atoms with van der Waals surface area (Å²) in [6.07, 6.45) is 0. The monoisotopic (exact) mass is 395 g/mol. The van der Waals surface area contributed by atoms with Crippen molar-refractivity contribution in [2.75, 3.05) is 6.79 Å². The fraction of sp³-hybridized carbons (Fsp3) is 0.143. The number of hydrogen-bond acceptors (Lipinski definition) is 6. The lowest BCUT2D eigenvalue weighted by atomic mass is 10.2. The number of nitrogens with one attached hydrogen (secondary N) is 1. The second kappa shape index (κ2) is 5.94. The van der Waals surface area contributed by atoms with E-state index in [1.165, 1.54) is 0 Å². The van der Waals surface area contributed by atoms with E-state index in [0.29, 0.717) is 0 Å². The van der Waals surface area contributed by atoms with Gasteiger partial charge in [-0.05, 0) is 29.1 Å². The molecule has 1 aliphatic rings. The molecule has 4 rings (SSSR count). The highest BCUT2D eigenvalue weighted by atomic mass is 79.9. The quantitative estimate of drug-likeness (QED) is 0.666. The molecule has 0 atom stereocenters. The molecular formula is C14H10BrN3O2S2. The van der Waals surface area contributed by atoms with Gasteiger partial charge in [-0.25, -0.2) is 4.98 Å². The number of nitrogens with zero attached hydrogens (tertiary/aromatic N) is 2. The second-order valence-electron chi connectivity index (χ2n) is 4.53. The highest BCUT2D eigenvalue weighted by Gasteiger charge is 2.17. The van der Waals surface area contributed by atoms with Gasteiger partial charge < -0.3 is 9.47 Å². The molecule has 5 nitrogen and oxygen atoms in total. The van der Waals surface area contributed by atoms with E-state index < -0.39 is 0 Å². The minimum Gasteiger partial charge on any atom is -0.454 e. The fourth-order valence-corrected chi connectivity index (χ4v) is 4.15. The number of thioether (sulfide) groups is 1. The molecule has 1 N–H and O–H groups in total. The standard InChI is InChI=1S/C14H10BrN3O2S2/c15-9-5-11-10(19-7-20-11)4-8(9)6-22-14-16-13(17-18-14)12-2-1-3-21-12/h1-5H,6-7H2,(H,16,17,18). The Kier molecular flexibility index (Phi) is 3.81. The maximum Gasteiger partial charge on any atom is 0.231 e. The molecule has 1 aromatic carbocycles. The van der Waals surface area contributed by atoms with Crippen LogP contribution in [-0.2, 0) is 5.75 Å². The van der Waals surface area contributed by atoms with Crippen LogP contribution in [0.15, 0.2) is 39.3 Å². The first-order valence-corrected chi connectivity index (χ1v) is 9.12. The molecule has 0 aliphatic carbocycles. The lowest BCUT2D eigenvalue weighted by Crippen LogP contribution is -1.92. The number of ether oxygens (including phenoxy) is 2. The number of aromatic nitrogens is 3. The number of aromatic amines is 1. The van der Waals surface area contributed by atoms with E-state index in [-0.39, 0.29) is 6.79 Å². The van der Waals surface area contributed by atoms with Crippen molar-refractivity contribution in [1.29, 1.82) is 0 Å². The summed E-state index contributed by atoms with van der Waals surface area (Å²) in [7, 11) is 0. The SMILES string of the molecule is Brc1cc2c(cc1CSc1n[nH]c(-c3cccs3)n1)OCO2. The molecular weight excluding hydrogens is 386 g/mol. The van der Waals surface area contributed by atoms with Gasteiger partial charge in [0.15, 0.2) is 17.3 Å². The summed E-state index contributed by atoms with van der Waals surface area (Å²) in [6.45, 7) is 0.281. The van der Waals surface area contributed by atoms with E-state index in [9.17, 15) is 0 Å². The predicted molar refractivity (Wildman–Crippen MR) is 89.5 cm³/mol. The molecule has 0 spiro atoms. The van der Waals surface area contributed by atoms with Crippen molar-refractivity contribution in [2.24, 2.45) is 0 Å². The van der Waals surface area contributed by atoms with Crippen molar-refractivity contribution in [3.05, 3.63) is 39.7 Å². The molecule has 0 saturated carbocycles. The van der Waals surface area contributed by atoms with Crippen LogP contribution in [0.2, 0.25) is 0 Å². The lowest BCUT2D eigenvalue weighted by molar-refractivity contribution is 0.174. The van der Waals surface area contributed by atoms with Gasteiger partial charge in [0.1, 0.15) is 0 Å². The van der Waals surface area contributed by atoms with Crippen molar-refractivity contribution in [1.82, 2.24) is 15.2 Å². The Labute approximate surface area is 143 Å². The minimum absolute atomic E-state index is 0.281. The summed E-state index contributed by atoms with van der Waals surface area (Å²) in [5.41, 5.74) is 1.12. The van der Waals surface area contributed by atoms with E-state index in [1.54, 1.807) is 23.1 Å². The van der Waals surface area contributed by atoms with Crippen molar-refractivity contribution in [3.8, 4) is 22.2 Å². The number of halogens is 1. The first-order chi connectivity index (χ1) is 10.8. The molecule has 0 unspecified atom stereocenters. The van der Waals surface area contributed by atoms with E-state index in [2.05, 4.69) is 31.1 Å². The molecule has 1 aliphatic heterocycles. The Morgan fingerprint density at radius 1 is 1.32 bits per heavy atom. The Balaban J connectivity index is 1.49. The number of benzene rings is 1. The molecule has 22 heavy (non-hydrogen) atoms. The zero-order valence-electron chi connectivity index (χ0n) is 11.2. The Morgan fingerprint density at radius 3 is 3.00 bits per heavy atom. The average molecular weight is 396 g/mol. The molecule has 0 radical (unpaired) electrons. The smallest absolute Gasteiger partial charge is 0.231 e. The molecule has 0 amide bonds. The maximum atomic E-state index is 5.41. The highest BCUT2D eigenvalue weighted by molar-refractivity contribution is 9.10. The predicted octanol–water partition coefficient (Wildman–Crippen LogP) is 4.32. The van der Waals surface area contributed by atoms with Gasteiger partial charge in [0.05, 0.1) is 4.88 Å². The summed E-state index contributed by atoms with van der Waals surface area (Å²) in [4.78, 5) is 5.59. The van der Waals surface area contributed by atoms with Crippen LogP contribution < -0.4 is 9.47 Å². The summed E-state index contributed by atoms with van der Waals surface area (Å²) < 4.78 is 11.8. The maximum absolute atomic E-state index is 5.41. The van der Waals surface area contributed by atoms with Gasteiger partial charge >= 0.3 is 0 Å². The van der Waals surface area contributed by atoms with Crippen LogP contribution in [0, 0.1) is 0 Å². The number of hydrogen-bond donors (Lipinski definition) is 1.